The van der Waals surface area contributed by atoms with Crippen molar-refractivity contribution in [1.29, 1.82) is 10.5 Å². The molecule has 0 saturated heterocycles. The standard InChI is InChI=1S/C18H13N3O2/c19-10-15(11-20)12-21-17-9-5-4-8-16(17)18(22)23-13-14-6-2-1-3-7-14/h1-9,12,21H,13H2. The number of nitrogens with zero attached hydrogens (tertiary/aromatic N) is 2. The van der Waals surface area contributed by atoms with Gasteiger partial charge in [-0.1, -0.05) is 42.5 Å². The summed E-state index contributed by atoms with van der Waals surface area (Å²) in [4.78, 5) is 12.2. The third-order valence-corrected chi connectivity index (χ3v) is 2.97. The topological polar surface area (TPSA) is 85.9 Å². The quantitative estimate of drug-likeness (QED) is 0.676. The number of ether oxygens (including phenoxy) is 1. The molecule has 0 heterocycles. The third kappa shape index (κ3) is 4.45. The second-order valence-electron chi connectivity index (χ2n) is 4.53. The molecule has 112 valence electrons. The number of carbonyl (C=O) groups excluding carboxylic acids is 1. The Morgan fingerprint density at radius 1 is 1.04 bits per heavy atom. The smallest absolute Gasteiger partial charge is 0.340 e. The molecule has 0 bridgehead atoms. The van der Waals surface area contributed by atoms with Crippen LogP contribution in [0.15, 0.2) is 66.4 Å². The van der Waals surface area contributed by atoms with Crippen LogP contribution in [-0.4, -0.2) is 5.97 Å². The number of benzene rings is 2. The first-order chi connectivity index (χ1) is 11.2. The van der Waals surface area contributed by atoms with Crippen molar-refractivity contribution in [1.82, 2.24) is 0 Å². The highest BCUT2D eigenvalue weighted by Crippen LogP contribution is 2.17. The molecule has 0 fully saturated rings. The molecule has 0 atom stereocenters. The second-order valence-corrected chi connectivity index (χ2v) is 4.53. The highest BCUT2D eigenvalue weighted by Gasteiger charge is 2.12. The Morgan fingerprint density at radius 2 is 1.70 bits per heavy atom. The van der Waals surface area contributed by atoms with Gasteiger partial charge in [-0.25, -0.2) is 4.79 Å². The maximum Gasteiger partial charge on any atom is 0.340 e. The number of allylic oxidation sites excluding steroid dienone is 1. The average Bonchev–Trinajstić information content (AvgIpc) is 2.62. The molecule has 0 spiro atoms. The Labute approximate surface area is 134 Å². The van der Waals surface area contributed by atoms with Crippen molar-refractivity contribution in [2.75, 3.05) is 5.32 Å². The molecule has 0 aliphatic carbocycles. The van der Waals surface area contributed by atoms with E-state index in [0.717, 1.165) is 5.56 Å². The predicted octanol–water partition coefficient (Wildman–Crippen LogP) is 3.39. The summed E-state index contributed by atoms with van der Waals surface area (Å²) in [5, 5.41) is 20.2. The van der Waals surface area contributed by atoms with Crippen LogP contribution in [0.3, 0.4) is 0 Å². The van der Waals surface area contributed by atoms with Crippen molar-refractivity contribution in [3.05, 3.63) is 77.5 Å². The van der Waals surface area contributed by atoms with Crippen LogP contribution in [0, 0.1) is 22.7 Å². The number of hydrogen-bond acceptors (Lipinski definition) is 5. The first-order valence-electron chi connectivity index (χ1n) is 6.81. The largest absolute Gasteiger partial charge is 0.457 e. The first-order valence-corrected chi connectivity index (χ1v) is 6.81. The van der Waals surface area contributed by atoms with E-state index < -0.39 is 5.97 Å². The lowest BCUT2D eigenvalue weighted by Crippen LogP contribution is -2.08. The maximum atomic E-state index is 12.2. The van der Waals surface area contributed by atoms with Gasteiger partial charge in [-0.2, -0.15) is 10.5 Å². The number of rotatable bonds is 5. The van der Waals surface area contributed by atoms with Gasteiger partial charge in [0.1, 0.15) is 24.3 Å². The molecule has 1 N–H and O–H groups in total. The molecule has 0 aliphatic rings. The molecule has 2 aromatic rings. The van der Waals surface area contributed by atoms with E-state index in [4.69, 9.17) is 15.3 Å². The van der Waals surface area contributed by atoms with E-state index >= 15 is 0 Å². The van der Waals surface area contributed by atoms with E-state index in [1.165, 1.54) is 6.20 Å². The molecule has 23 heavy (non-hydrogen) atoms. The van der Waals surface area contributed by atoms with Crippen LogP contribution < -0.4 is 5.32 Å². The molecular formula is C18H13N3O2. The average molecular weight is 303 g/mol. The molecule has 2 aromatic carbocycles. The van der Waals surface area contributed by atoms with Crippen molar-refractivity contribution in [2.24, 2.45) is 0 Å². The van der Waals surface area contributed by atoms with Crippen molar-refractivity contribution in [3.8, 4) is 12.1 Å². The van der Waals surface area contributed by atoms with Crippen LogP contribution >= 0.6 is 0 Å². The zero-order valence-electron chi connectivity index (χ0n) is 12.2. The summed E-state index contributed by atoms with van der Waals surface area (Å²) >= 11 is 0. The maximum absolute atomic E-state index is 12.2. The van der Waals surface area contributed by atoms with Crippen LogP contribution in [0.2, 0.25) is 0 Å². The SMILES string of the molecule is N#CC(C#N)=CNc1ccccc1C(=O)OCc1ccccc1. The van der Waals surface area contributed by atoms with Crippen LogP contribution in [0.25, 0.3) is 0 Å². The number of nitrogens with one attached hydrogen (secondary N) is 1. The number of anilines is 1. The Morgan fingerprint density at radius 3 is 2.39 bits per heavy atom. The highest BCUT2D eigenvalue weighted by atomic mass is 16.5. The van der Waals surface area contributed by atoms with Crippen molar-refractivity contribution in [3.63, 3.8) is 0 Å². The number of esters is 1. The Kier molecular flexibility index (Phi) is 5.51. The van der Waals surface area contributed by atoms with Gasteiger partial charge in [0, 0.05) is 6.20 Å². The van der Waals surface area contributed by atoms with Gasteiger partial charge in [0.15, 0.2) is 0 Å². The normalized spacial score (nSPS) is 9.13. The van der Waals surface area contributed by atoms with E-state index in [-0.39, 0.29) is 12.2 Å². The van der Waals surface area contributed by atoms with Crippen LogP contribution in [0.1, 0.15) is 15.9 Å². The molecule has 0 saturated carbocycles. The van der Waals surface area contributed by atoms with Crippen LogP contribution in [-0.2, 0) is 11.3 Å². The minimum atomic E-state index is -0.485. The van der Waals surface area contributed by atoms with Gasteiger partial charge in [-0.15, -0.1) is 0 Å². The zero-order chi connectivity index (χ0) is 16.5. The molecule has 0 radical (unpaired) electrons. The summed E-state index contributed by atoms with van der Waals surface area (Å²) < 4.78 is 5.28. The summed E-state index contributed by atoms with van der Waals surface area (Å²) in [5.41, 5.74) is 1.60. The third-order valence-electron chi connectivity index (χ3n) is 2.97. The Hall–Kier alpha value is -3.57. The molecule has 0 unspecified atom stereocenters. The van der Waals surface area contributed by atoms with E-state index in [1.807, 2.05) is 30.3 Å². The number of para-hydroxylation sites is 1. The van der Waals surface area contributed by atoms with Gasteiger partial charge in [0.05, 0.1) is 11.3 Å². The van der Waals surface area contributed by atoms with Crippen LogP contribution in [0.5, 0.6) is 0 Å². The Bertz CT molecular complexity index is 783. The molecule has 0 aromatic heterocycles. The van der Waals surface area contributed by atoms with Crippen LogP contribution in [0.4, 0.5) is 5.69 Å². The minimum absolute atomic E-state index is 0.0857. The monoisotopic (exact) mass is 303 g/mol. The summed E-state index contributed by atoms with van der Waals surface area (Å²) in [7, 11) is 0. The lowest BCUT2D eigenvalue weighted by Gasteiger charge is -2.09. The zero-order valence-corrected chi connectivity index (χ0v) is 12.2. The molecule has 5 heteroatoms. The fourth-order valence-electron chi connectivity index (χ4n) is 1.83. The van der Waals surface area contributed by atoms with Gasteiger partial charge in [-0.05, 0) is 17.7 Å². The number of hydrogen-bond donors (Lipinski definition) is 1. The molecule has 0 amide bonds. The van der Waals surface area contributed by atoms with E-state index in [2.05, 4.69) is 5.32 Å². The van der Waals surface area contributed by atoms with Gasteiger partial charge in [-0.3, -0.25) is 0 Å². The van der Waals surface area contributed by atoms with Crippen molar-refractivity contribution in [2.45, 2.75) is 6.61 Å². The molecule has 2 rings (SSSR count). The Balaban J connectivity index is 2.10. The number of carbonyl (C=O) groups is 1. The highest BCUT2D eigenvalue weighted by molar-refractivity contribution is 5.95. The lowest BCUT2D eigenvalue weighted by molar-refractivity contribution is 0.0474. The van der Waals surface area contributed by atoms with Gasteiger partial charge in [0.2, 0.25) is 0 Å². The molecule has 0 aliphatic heterocycles. The predicted molar refractivity (Wildman–Crippen MR) is 84.9 cm³/mol. The van der Waals surface area contributed by atoms with Gasteiger partial charge < -0.3 is 10.1 Å². The molecule has 5 nitrogen and oxygen atoms in total. The molecular weight excluding hydrogens is 290 g/mol. The summed E-state index contributed by atoms with van der Waals surface area (Å²) in [6.45, 7) is 0.172. The van der Waals surface area contributed by atoms with E-state index in [9.17, 15) is 4.79 Å². The first kappa shape index (κ1) is 15.8. The summed E-state index contributed by atoms with van der Waals surface area (Å²) in [6.07, 6.45) is 1.25. The van der Waals surface area contributed by atoms with Gasteiger partial charge in [0.25, 0.3) is 0 Å². The van der Waals surface area contributed by atoms with Crippen molar-refractivity contribution < 1.29 is 9.53 Å². The summed E-state index contributed by atoms with van der Waals surface area (Å²) in [6, 6.07) is 19.6. The second kappa shape index (κ2) is 8.02. The fraction of sp³-hybridized carbons (Fsp3) is 0.0556. The lowest BCUT2D eigenvalue weighted by atomic mass is 10.1. The number of nitriles is 2. The van der Waals surface area contributed by atoms with E-state index in [1.54, 1.807) is 36.4 Å². The van der Waals surface area contributed by atoms with Gasteiger partial charge >= 0.3 is 5.97 Å². The minimum Gasteiger partial charge on any atom is -0.457 e. The summed E-state index contributed by atoms with van der Waals surface area (Å²) in [5.74, 6) is -0.485. The van der Waals surface area contributed by atoms with Crippen molar-refractivity contribution >= 4 is 11.7 Å². The van der Waals surface area contributed by atoms with E-state index in [0.29, 0.717) is 11.3 Å². The fourth-order valence-corrected chi connectivity index (χ4v) is 1.83.